The molecule has 0 N–H and O–H groups in total. The van der Waals surface area contributed by atoms with Gasteiger partial charge in [0.25, 0.3) is 0 Å². The van der Waals surface area contributed by atoms with Gasteiger partial charge in [0.2, 0.25) is 0 Å². The summed E-state index contributed by atoms with van der Waals surface area (Å²) in [4.78, 5) is 0. The van der Waals surface area contributed by atoms with E-state index in [0.29, 0.717) is 6.07 Å². The molecule has 0 heterocycles. The van der Waals surface area contributed by atoms with Gasteiger partial charge in [0, 0.05) is 6.07 Å². The molecule has 0 aliphatic heterocycles. The first-order valence-electron chi connectivity index (χ1n) is 3.88. The maximum absolute atomic E-state index is 12.7. The van der Waals surface area contributed by atoms with Crippen LogP contribution in [0.1, 0.15) is 5.56 Å². The van der Waals surface area contributed by atoms with E-state index in [1.54, 1.807) is 0 Å². The zero-order chi connectivity index (χ0) is 13.3. The van der Waals surface area contributed by atoms with Gasteiger partial charge in [-0.15, -0.1) is 0 Å². The second-order valence-electron chi connectivity index (χ2n) is 2.74. The normalized spacial score (nSPS) is 11.9. The fourth-order valence-electron chi connectivity index (χ4n) is 0.823. The van der Waals surface area contributed by atoms with Crippen molar-refractivity contribution in [2.45, 2.75) is 5.51 Å². The van der Waals surface area contributed by atoms with Crippen LogP contribution in [-0.4, -0.2) is 13.9 Å². The molecule has 0 fully saturated rings. The molecule has 0 unspecified atom stereocenters. The van der Waals surface area contributed by atoms with Crippen LogP contribution in [0.15, 0.2) is 18.2 Å². The summed E-state index contributed by atoms with van der Waals surface area (Å²) in [6, 6.07) is 3.34. The van der Waals surface area contributed by atoms with Crippen molar-refractivity contribution in [3.63, 3.8) is 0 Å². The number of hydrogen-bond acceptors (Lipinski definition) is 4. The van der Waals surface area contributed by atoms with Crippen molar-refractivity contribution >= 4 is 10.1 Å². The van der Waals surface area contributed by atoms with Crippen LogP contribution in [-0.2, 0) is 10.1 Å². The lowest BCUT2D eigenvalue weighted by atomic mass is 10.2. The lowest BCUT2D eigenvalue weighted by molar-refractivity contribution is -0.0500. The number of nitriles is 1. The molecule has 0 saturated carbocycles. The predicted molar refractivity (Wildman–Crippen MR) is 46.7 cm³/mol. The SMILES string of the molecule is N#Cc1ccc(F)cc1OS(=O)(=O)C(F)(F)F. The zero-order valence-electron chi connectivity index (χ0n) is 7.82. The molecule has 1 aromatic rings. The Morgan fingerprint density at radius 1 is 1.29 bits per heavy atom. The van der Waals surface area contributed by atoms with E-state index in [2.05, 4.69) is 4.18 Å². The monoisotopic (exact) mass is 269 g/mol. The molecule has 17 heavy (non-hydrogen) atoms. The van der Waals surface area contributed by atoms with Crippen molar-refractivity contribution in [2.75, 3.05) is 0 Å². The van der Waals surface area contributed by atoms with Gasteiger partial charge in [-0.2, -0.15) is 26.9 Å². The summed E-state index contributed by atoms with van der Waals surface area (Å²) in [7, 11) is -5.92. The molecular weight excluding hydrogens is 266 g/mol. The summed E-state index contributed by atoms with van der Waals surface area (Å²) in [5, 5.41) is 8.48. The van der Waals surface area contributed by atoms with Crippen molar-refractivity contribution in [3.05, 3.63) is 29.6 Å². The highest BCUT2D eigenvalue weighted by Gasteiger charge is 2.48. The number of nitrogens with zero attached hydrogens (tertiary/aromatic N) is 1. The Labute approximate surface area is 93.2 Å². The van der Waals surface area contributed by atoms with Crippen LogP contribution in [0.5, 0.6) is 5.75 Å². The van der Waals surface area contributed by atoms with E-state index in [0.717, 1.165) is 12.1 Å². The molecule has 0 amide bonds. The third-order valence-corrected chi connectivity index (χ3v) is 2.51. The molecule has 0 radical (unpaired) electrons. The van der Waals surface area contributed by atoms with Crippen molar-refractivity contribution < 1.29 is 30.2 Å². The molecule has 92 valence electrons. The van der Waals surface area contributed by atoms with Crippen LogP contribution in [0, 0.1) is 17.1 Å². The van der Waals surface area contributed by atoms with Crippen LogP contribution in [0.25, 0.3) is 0 Å². The highest BCUT2D eigenvalue weighted by Crippen LogP contribution is 2.29. The Bertz CT molecular complexity index is 573. The molecular formula is C8H3F4NO3S. The van der Waals surface area contributed by atoms with Crippen LogP contribution < -0.4 is 4.18 Å². The first kappa shape index (κ1) is 13.2. The van der Waals surface area contributed by atoms with Crippen LogP contribution in [0.2, 0.25) is 0 Å². The van der Waals surface area contributed by atoms with Gasteiger partial charge in [-0.3, -0.25) is 0 Å². The average molecular weight is 269 g/mol. The molecule has 0 spiro atoms. The molecule has 1 rings (SSSR count). The minimum Gasteiger partial charge on any atom is -0.374 e. The second kappa shape index (κ2) is 4.21. The largest absolute Gasteiger partial charge is 0.534 e. The van der Waals surface area contributed by atoms with E-state index in [1.165, 1.54) is 6.07 Å². The molecule has 9 heteroatoms. The van der Waals surface area contributed by atoms with Crippen LogP contribution in [0.4, 0.5) is 17.6 Å². The van der Waals surface area contributed by atoms with Crippen LogP contribution in [0.3, 0.4) is 0 Å². The topological polar surface area (TPSA) is 67.2 Å². The highest BCUT2D eigenvalue weighted by atomic mass is 32.2. The van der Waals surface area contributed by atoms with E-state index in [1.807, 2.05) is 0 Å². The zero-order valence-corrected chi connectivity index (χ0v) is 8.64. The van der Waals surface area contributed by atoms with Gasteiger partial charge >= 0.3 is 15.6 Å². The summed E-state index contributed by atoms with van der Waals surface area (Å²) in [5.74, 6) is -2.04. The van der Waals surface area contributed by atoms with Gasteiger partial charge < -0.3 is 4.18 Å². The lowest BCUT2D eigenvalue weighted by Crippen LogP contribution is -2.28. The Balaban J connectivity index is 3.22. The second-order valence-corrected chi connectivity index (χ2v) is 4.27. The number of benzene rings is 1. The van der Waals surface area contributed by atoms with E-state index in [9.17, 15) is 26.0 Å². The van der Waals surface area contributed by atoms with E-state index < -0.39 is 32.8 Å². The van der Waals surface area contributed by atoms with E-state index in [4.69, 9.17) is 5.26 Å². The van der Waals surface area contributed by atoms with Crippen LogP contribution >= 0.6 is 0 Å². The molecule has 0 aliphatic carbocycles. The molecule has 4 nitrogen and oxygen atoms in total. The van der Waals surface area contributed by atoms with Gasteiger partial charge in [0.1, 0.15) is 11.9 Å². The number of alkyl halides is 3. The maximum Gasteiger partial charge on any atom is 0.534 e. The molecule has 0 atom stereocenters. The minimum absolute atomic E-state index is 0.377. The summed E-state index contributed by atoms with van der Waals surface area (Å²) >= 11 is 0. The molecule has 0 bridgehead atoms. The maximum atomic E-state index is 12.7. The van der Waals surface area contributed by atoms with Gasteiger partial charge in [0.15, 0.2) is 5.75 Å². The molecule has 0 aromatic heterocycles. The van der Waals surface area contributed by atoms with Gasteiger partial charge in [-0.1, -0.05) is 0 Å². The van der Waals surface area contributed by atoms with Crippen molar-refractivity contribution in [1.29, 1.82) is 5.26 Å². The summed E-state index contributed by atoms with van der Waals surface area (Å²) < 4.78 is 73.5. The van der Waals surface area contributed by atoms with E-state index in [-0.39, 0.29) is 0 Å². The molecule has 1 aromatic carbocycles. The van der Waals surface area contributed by atoms with Crippen molar-refractivity contribution in [3.8, 4) is 11.8 Å². The highest BCUT2D eigenvalue weighted by molar-refractivity contribution is 7.88. The first-order chi connectivity index (χ1) is 7.67. The number of rotatable bonds is 2. The Kier molecular flexibility index (Phi) is 3.28. The van der Waals surface area contributed by atoms with Crippen molar-refractivity contribution in [2.24, 2.45) is 0 Å². The number of hydrogen-bond donors (Lipinski definition) is 0. The Morgan fingerprint density at radius 3 is 2.35 bits per heavy atom. The van der Waals surface area contributed by atoms with Gasteiger partial charge in [0.05, 0.1) is 5.56 Å². The van der Waals surface area contributed by atoms with Gasteiger partial charge in [-0.05, 0) is 12.1 Å². The number of halogens is 4. The fourth-order valence-corrected chi connectivity index (χ4v) is 1.29. The summed E-state index contributed by atoms with van der Waals surface area (Å²) in [6.07, 6.45) is 0. The smallest absolute Gasteiger partial charge is 0.374 e. The third kappa shape index (κ3) is 2.85. The Morgan fingerprint density at radius 2 is 1.88 bits per heavy atom. The third-order valence-electron chi connectivity index (χ3n) is 1.55. The van der Waals surface area contributed by atoms with E-state index >= 15 is 0 Å². The first-order valence-corrected chi connectivity index (χ1v) is 5.28. The average Bonchev–Trinajstić information content (AvgIpc) is 2.15. The van der Waals surface area contributed by atoms with Gasteiger partial charge in [-0.25, -0.2) is 4.39 Å². The minimum atomic E-state index is -5.92. The standard InChI is InChI=1S/C8H3F4NO3S/c9-6-2-1-5(4-13)7(3-6)16-17(14,15)8(10,11)12/h1-3H. The summed E-state index contributed by atoms with van der Waals surface area (Å²) in [6.45, 7) is 0. The Hall–Kier alpha value is -1.82. The molecule has 0 saturated heterocycles. The fraction of sp³-hybridized carbons (Fsp3) is 0.125. The summed E-state index contributed by atoms with van der Waals surface area (Å²) in [5.41, 5.74) is -6.18. The predicted octanol–water partition coefficient (Wildman–Crippen LogP) is 1.93. The quantitative estimate of drug-likeness (QED) is 0.467. The molecule has 0 aliphatic rings. The lowest BCUT2D eigenvalue weighted by Gasteiger charge is -2.10. The van der Waals surface area contributed by atoms with Crippen molar-refractivity contribution in [1.82, 2.24) is 0 Å².